The van der Waals surface area contributed by atoms with Crippen molar-refractivity contribution in [1.82, 2.24) is 29.5 Å². The second-order valence-corrected chi connectivity index (χ2v) is 8.12. The third kappa shape index (κ3) is 3.71. The molecule has 3 N–H and O–H groups in total. The number of rotatable bonds is 5. The van der Waals surface area contributed by atoms with Gasteiger partial charge in [-0.25, -0.2) is 9.97 Å². The van der Waals surface area contributed by atoms with E-state index in [-0.39, 0.29) is 0 Å². The zero-order chi connectivity index (χ0) is 22.9. The maximum atomic E-state index is 9.83. The monoisotopic (exact) mass is 453 g/mol. The second-order valence-electron chi connectivity index (χ2n) is 8.12. The van der Waals surface area contributed by atoms with E-state index in [1.54, 1.807) is 12.4 Å². The zero-order valence-corrected chi connectivity index (χ0v) is 18.3. The van der Waals surface area contributed by atoms with E-state index in [0.29, 0.717) is 19.0 Å². The molecule has 1 aliphatic heterocycles. The molecule has 0 bridgehead atoms. The number of benzene rings is 2. The minimum atomic E-state index is 0.658. The minimum absolute atomic E-state index is 0.658. The van der Waals surface area contributed by atoms with E-state index in [1.807, 2.05) is 59.3 Å². The summed E-state index contributed by atoms with van der Waals surface area (Å²) < 4.78 is 7.38. The maximum absolute atomic E-state index is 9.83. The summed E-state index contributed by atoms with van der Waals surface area (Å²) in [5.41, 5.74) is 6.10. The topological polar surface area (TPSA) is 104 Å². The molecule has 170 valence electrons. The normalized spacial score (nSPS) is 14.7. The number of nitrogens with one attached hydrogen (secondary N) is 2. The summed E-state index contributed by atoms with van der Waals surface area (Å²) in [5.74, 6) is 0.658. The van der Waals surface area contributed by atoms with Crippen LogP contribution in [0, 0.1) is 0 Å². The Labute approximate surface area is 195 Å². The van der Waals surface area contributed by atoms with Gasteiger partial charge in [0.25, 0.3) is 0 Å². The minimum Gasteiger partial charge on any atom is -0.513 e. The second kappa shape index (κ2) is 8.53. The Morgan fingerprint density at radius 2 is 1.97 bits per heavy atom. The summed E-state index contributed by atoms with van der Waals surface area (Å²) in [6.45, 7) is 2.83. The molecule has 4 heterocycles. The summed E-state index contributed by atoms with van der Waals surface area (Å²) in [6.07, 6.45) is 8.61. The largest absolute Gasteiger partial charge is 0.513 e. The number of aliphatic hydroxyl groups excluding tert-OH is 1. The molecule has 0 aliphatic carbocycles. The molecule has 0 atom stereocenters. The van der Waals surface area contributed by atoms with Crippen LogP contribution in [0.4, 0.5) is 11.5 Å². The summed E-state index contributed by atoms with van der Waals surface area (Å²) in [4.78, 5) is 11.5. The molecule has 5 aromatic rings. The van der Waals surface area contributed by atoms with Crippen LogP contribution < -0.4 is 5.32 Å². The van der Waals surface area contributed by atoms with Gasteiger partial charge < -0.3 is 24.5 Å². The molecule has 0 radical (unpaired) electrons. The number of hydrogen-bond acceptors (Lipinski definition) is 7. The fourth-order valence-electron chi connectivity index (χ4n) is 4.26. The van der Waals surface area contributed by atoms with Gasteiger partial charge >= 0.3 is 0 Å². The Morgan fingerprint density at radius 1 is 1.12 bits per heavy atom. The quantitative estimate of drug-likeness (QED) is 0.343. The number of H-pyrrole nitrogens is 1. The SMILES string of the molecule is O/C=C(/c1ccc(Nc2nc(-c3ccc4cn[nH]c4c3)cn3ccnc23)cc1)N1CCOCC1. The molecule has 0 amide bonds. The van der Waals surface area contributed by atoms with Gasteiger partial charge in [-0.2, -0.15) is 5.10 Å². The van der Waals surface area contributed by atoms with Gasteiger partial charge in [0.05, 0.1) is 36.3 Å². The highest BCUT2D eigenvalue weighted by Crippen LogP contribution is 2.28. The van der Waals surface area contributed by atoms with Crippen molar-refractivity contribution in [2.24, 2.45) is 0 Å². The van der Waals surface area contributed by atoms with E-state index in [1.165, 1.54) is 6.26 Å². The van der Waals surface area contributed by atoms with Crippen LogP contribution in [0.15, 0.2) is 73.5 Å². The molecule has 34 heavy (non-hydrogen) atoms. The number of nitrogens with zero attached hydrogens (tertiary/aromatic N) is 5. The van der Waals surface area contributed by atoms with E-state index in [4.69, 9.17) is 9.72 Å². The molecule has 9 heteroatoms. The van der Waals surface area contributed by atoms with E-state index >= 15 is 0 Å². The van der Waals surface area contributed by atoms with Gasteiger partial charge in [0.1, 0.15) is 6.26 Å². The lowest BCUT2D eigenvalue weighted by atomic mass is 10.1. The molecule has 3 aromatic heterocycles. The summed E-state index contributed by atoms with van der Waals surface area (Å²) in [5, 5.41) is 21.4. The van der Waals surface area contributed by atoms with Gasteiger partial charge in [0.15, 0.2) is 11.5 Å². The number of morpholine rings is 1. The van der Waals surface area contributed by atoms with Crippen LogP contribution in [0.1, 0.15) is 5.56 Å². The zero-order valence-electron chi connectivity index (χ0n) is 18.3. The highest BCUT2D eigenvalue weighted by molar-refractivity contribution is 5.84. The lowest BCUT2D eigenvalue weighted by Crippen LogP contribution is -2.34. The van der Waals surface area contributed by atoms with Crippen molar-refractivity contribution in [2.75, 3.05) is 31.6 Å². The highest BCUT2D eigenvalue weighted by atomic mass is 16.5. The molecule has 0 spiro atoms. The third-order valence-electron chi connectivity index (χ3n) is 6.03. The number of aliphatic hydroxyl groups is 1. The molecule has 2 aromatic carbocycles. The molecule has 0 unspecified atom stereocenters. The van der Waals surface area contributed by atoms with E-state index in [2.05, 4.69) is 25.4 Å². The Kier molecular flexibility index (Phi) is 5.08. The van der Waals surface area contributed by atoms with Gasteiger partial charge in [0, 0.05) is 53.9 Å². The summed E-state index contributed by atoms with van der Waals surface area (Å²) >= 11 is 0. The van der Waals surface area contributed by atoms with Crippen molar-refractivity contribution in [3.05, 3.63) is 79.1 Å². The van der Waals surface area contributed by atoms with Crippen LogP contribution in [-0.2, 0) is 4.74 Å². The van der Waals surface area contributed by atoms with Crippen LogP contribution in [-0.4, -0.2) is 60.9 Å². The smallest absolute Gasteiger partial charge is 0.180 e. The Bertz CT molecular complexity index is 1480. The molecule has 6 rings (SSSR count). The van der Waals surface area contributed by atoms with E-state index in [0.717, 1.165) is 57.8 Å². The van der Waals surface area contributed by atoms with Crippen molar-refractivity contribution in [3.63, 3.8) is 0 Å². The van der Waals surface area contributed by atoms with Crippen molar-refractivity contribution >= 4 is 33.8 Å². The van der Waals surface area contributed by atoms with Crippen LogP contribution in [0.5, 0.6) is 0 Å². The van der Waals surface area contributed by atoms with Crippen LogP contribution in [0.3, 0.4) is 0 Å². The molecular formula is C25H23N7O2. The van der Waals surface area contributed by atoms with Crippen molar-refractivity contribution in [2.45, 2.75) is 0 Å². The maximum Gasteiger partial charge on any atom is 0.180 e. The fourth-order valence-corrected chi connectivity index (χ4v) is 4.26. The standard InChI is InChI=1S/C25H23N7O2/c33-16-23(31-9-11-34-12-10-31)17-3-5-20(6-4-17)28-24-25-26-7-8-32(25)15-22(29-24)18-1-2-19-14-27-30-21(19)13-18/h1-8,13-16,33H,9-12H2,(H,27,30)(H,28,29)/b23-16-. The number of imidazole rings is 1. The van der Waals surface area contributed by atoms with E-state index in [9.17, 15) is 5.11 Å². The number of hydrogen-bond donors (Lipinski definition) is 3. The van der Waals surface area contributed by atoms with Gasteiger partial charge in [-0.3, -0.25) is 5.10 Å². The first-order valence-corrected chi connectivity index (χ1v) is 11.1. The summed E-state index contributed by atoms with van der Waals surface area (Å²) in [7, 11) is 0. The average molecular weight is 454 g/mol. The first-order valence-electron chi connectivity index (χ1n) is 11.1. The van der Waals surface area contributed by atoms with Gasteiger partial charge in [-0.05, 0) is 18.2 Å². The number of aromatic nitrogens is 5. The Balaban J connectivity index is 1.31. The summed E-state index contributed by atoms with van der Waals surface area (Å²) in [6, 6.07) is 14.0. The van der Waals surface area contributed by atoms with Gasteiger partial charge in [0.2, 0.25) is 0 Å². The van der Waals surface area contributed by atoms with Crippen molar-refractivity contribution in [3.8, 4) is 11.3 Å². The number of anilines is 2. The lowest BCUT2D eigenvalue weighted by molar-refractivity contribution is 0.0633. The van der Waals surface area contributed by atoms with Gasteiger partial charge in [-0.1, -0.05) is 24.3 Å². The number of ether oxygens (including phenoxy) is 1. The predicted octanol–water partition coefficient (Wildman–Crippen LogP) is 4.20. The van der Waals surface area contributed by atoms with Crippen molar-refractivity contribution < 1.29 is 9.84 Å². The third-order valence-corrected chi connectivity index (χ3v) is 6.03. The van der Waals surface area contributed by atoms with Crippen LogP contribution >= 0.6 is 0 Å². The molecular weight excluding hydrogens is 430 g/mol. The van der Waals surface area contributed by atoms with Crippen molar-refractivity contribution in [1.29, 1.82) is 0 Å². The number of fused-ring (bicyclic) bond motifs is 2. The number of aromatic amines is 1. The molecule has 9 nitrogen and oxygen atoms in total. The van der Waals surface area contributed by atoms with E-state index < -0.39 is 0 Å². The fraction of sp³-hybridized carbons (Fsp3) is 0.160. The Morgan fingerprint density at radius 3 is 2.79 bits per heavy atom. The molecule has 1 aliphatic rings. The highest BCUT2D eigenvalue weighted by Gasteiger charge is 2.16. The molecule has 1 fully saturated rings. The molecule has 1 saturated heterocycles. The van der Waals surface area contributed by atoms with Crippen LogP contribution in [0.2, 0.25) is 0 Å². The molecule has 0 saturated carbocycles. The first-order chi connectivity index (χ1) is 16.8. The first kappa shape index (κ1) is 20.3. The van der Waals surface area contributed by atoms with Crippen LogP contribution in [0.25, 0.3) is 33.5 Å². The average Bonchev–Trinajstić information content (AvgIpc) is 3.55. The van der Waals surface area contributed by atoms with Gasteiger partial charge in [-0.15, -0.1) is 0 Å². The Hall–Kier alpha value is -4.37. The predicted molar refractivity (Wildman–Crippen MR) is 131 cm³/mol. The lowest BCUT2D eigenvalue weighted by Gasteiger charge is -2.30.